The number of aryl methyl sites for hydroxylation is 1. The van der Waals surface area contributed by atoms with Crippen LogP contribution in [0.4, 0.5) is 18.9 Å². The van der Waals surface area contributed by atoms with Gasteiger partial charge in [-0.05, 0) is 30.9 Å². The van der Waals surface area contributed by atoms with Gasteiger partial charge in [0.25, 0.3) is 5.69 Å². The lowest BCUT2D eigenvalue weighted by atomic mass is 10.0. The lowest BCUT2D eigenvalue weighted by Gasteiger charge is -2.06. The van der Waals surface area contributed by atoms with Crippen LogP contribution in [0, 0.1) is 21.4 Å². The third-order valence-electron chi connectivity index (χ3n) is 3.80. The molecule has 0 saturated carbocycles. The van der Waals surface area contributed by atoms with E-state index < -0.39 is 17.5 Å². The summed E-state index contributed by atoms with van der Waals surface area (Å²) in [5.41, 5.74) is 0.716. The Kier molecular flexibility index (Phi) is 8.24. The van der Waals surface area contributed by atoms with Gasteiger partial charge in [0.1, 0.15) is 11.6 Å². The van der Waals surface area contributed by atoms with Crippen molar-refractivity contribution >= 4 is 5.69 Å². The highest BCUT2D eigenvalue weighted by Crippen LogP contribution is 2.23. The van der Waals surface area contributed by atoms with Crippen LogP contribution in [0.2, 0.25) is 0 Å². The van der Waals surface area contributed by atoms with Gasteiger partial charge in [-0.3, -0.25) is 10.1 Å². The van der Waals surface area contributed by atoms with Gasteiger partial charge in [0, 0.05) is 12.5 Å². The number of nitro groups is 1. The SMILES string of the molecule is N#Cc1ccc(CCCCCCCCCC(F)(F)F)cc1[N+](=O)[O-]. The standard InChI is InChI=1S/C17H21F3N2O2/c18-17(19,20)11-7-5-3-1-2-4-6-8-14-9-10-15(13-21)16(12-14)22(23)24/h9-10,12H,1-8,11H2. The molecule has 7 heteroatoms. The van der Waals surface area contributed by atoms with Gasteiger partial charge in [0.2, 0.25) is 0 Å². The summed E-state index contributed by atoms with van der Waals surface area (Å²) < 4.78 is 35.9. The van der Waals surface area contributed by atoms with Gasteiger partial charge >= 0.3 is 6.18 Å². The maximum absolute atomic E-state index is 12.0. The van der Waals surface area contributed by atoms with Crippen LogP contribution in [0.5, 0.6) is 0 Å². The number of halogens is 3. The first-order valence-corrected chi connectivity index (χ1v) is 8.07. The first-order valence-electron chi connectivity index (χ1n) is 8.07. The largest absolute Gasteiger partial charge is 0.389 e. The molecule has 1 aromatic rings. The molecule has 0 aliphatic rings. The van der Waals surface area contributed by atoms with E-state index in [0.717, 1.165) is 37.7 Å². The first-order chi connectivity index (χ1) is 11.3. The second-order valence-electron chi connectivity index (χ2n) is 5.81. The van der Waals surface area contributed by atoms with Gasteiger partial charge in [0.15, 0.2) is 0 Å². The number of nitriles is 1. The molecule has 0 saturated heterocycles. The van der Waals surface area contributed by atoms with E-state index in [4.69, 9.17) is 5.26 Å². The first kappa shape index (κ1) is 19.9. The molecule has 0 aliphatic carbocycles. The van der Waals surface area contributed by atoms with Crippen LogP contribution in [-0.2, 0) is 6.42 Å². The molecule has 0 aromatic heterocycles. The molecular formula is C17H21F3N2O2. The van der Waals surface area contributed by atoms with Gasteiger partial charge in [-0.15, -0.1) is 0 Å². The van der Waals surface area contributed by atoms with E-state index in [2.05, 4.69) is 0 Å². The minimum absolute atomic E-state index is 0.0580. The predicted molar refractivity (Wildman–Crippen MR) is 84.5 cm³/mol. The summed E-state index contributed by atoms with van der Waals surface area (Å²) in [7, 11) is 0. The summed E-state index contributed by atoms with van der Waals surface area (Å²) in [6.07, 6.45) is 1.20. The maximum Gasteiger partial charge on any atom is 0.389 e. The van der Waals surface area contributed by atoms with E-state index in [-0.39, 0.29) is 17.7 Å². The Morgan fingerprint density at radius 3 is 2.17 bits per heavy atom. The van der Waals surface area contributed by atoms with E-state index in [0.29, 0.717) is 12.8 Å². The zero-order valence-electron chi connectivity index (χ0n) is 13.4. The number of hydrogen-bond donors (Lipinski definition) is 0. The van der Waals surface area contributed by atoms with E-state index in [1.165, 1.54) is 12.1 Å². The van der Waals surface area contributed by atoms with Crippen LogP contribution in [0.25, 0.3) is 0 Å². The average molecular weight is 342 g/mol. The molecule has 0 atom stereocenters. The molecule has 0 spiro atoms. The molecule has 0 unspecified atom stereocenters. The lowest BCUT2D eigenvalue weighted by molar-refractivity contribution is -0.385. The highest BCUT2D eigenvalue weighted by molar-refractivity contribution is 5.50. The molecule has 0 heterocycles. The number of hydrogen-bond acceptors (Lipinski definition) is 3. The van der Waals surface area contributed by atoms with Crippen LogP contribution in [-0.4, -0.2) is 11.1 Å². The van der Waals surface area contributed by atoms with Crippen molar-refractivity contribution in [3.05, 3.63) is 39.4 Å². The van der Waals surface area contributed by atoms with E-state index in [1.807, 2.05) is 0 Å². The predicted octanol–water partition coefficient (Wildman–Crippen LogP) is 5.69. The summed E-state index contributed by atoms with van der Waals surface area (Å²) in [4.78, 5) is 10.3. The minimum atomic E-state index is -4.05. The quantitative estimate of drug-likeness (QED) is 0.311. The Morgan fingerprint density at radius 1 is 1.04 bits per heavy atom. The number of nitro benzene ring substituents is 1. The van der Waals surface area contributed by atoms with Gasteiger partial charge in [-0.25, -0.2) is 0 Å². The monoisotopic (exact) mass is 342 g/mol. The fourth-order valence-electron chi connectivity index (χ4n) is 2.52. The normalized spacial score (nSPS) is 11.2. The number of benzene rings is 1. The third-order valence-corrected chi connectivity index (χ3v) is 3.80. The summed E-state index contributed by atoms with van der Waals surface area (Å²) in [5.74, 6) is 0. The van der Waals surface area contributed by atoms with Crippen LogP contribution in [0.15, 0.2) is 18.2 Å². The minimum Gasteiger partial charge on any atom is -0.258 e. The Labute approximate surface area is 139 Å². The highest BCUT2D eigenvalue weighted by atomic mass is 19.4. The molecule has 24 heavy (non-hydrogen) atoms. The molecule has 1 aromatic carbocycles. The number of unbranched alkanes of at least 4 members (excludes halogenated alkanes) is 6. The Morgan fingerprint density at radius 2 is 1.62 bits per heavy atom. The van der Waals surface area contributed by atoms with Gasteiger partial charge in [0.05, 0.1) is 4.92 Å². The Hall–Kier alpha value is -2.10. The number of alkyl halides is 3. The van der Waals surface area contributed by atoms with Crippen LogP contribution in [0.1, 0.15) is 62.5 Å². The molecule has 0 amide bonds. The Balaban J connectivity index is 2.19. The second kappa shape index (κ2) is 9.91. The van der Waals surface area contributed by atoms with Gasteiger partial charge < -0.3 is 0 Å². The average Bonchev–Trinajstić information content (AvgIpc) is 2.52. The maximum atomic E-state index is 12.0. The molecule has 1 rings (SSSR count). The van der Waals surface area contributed by atoms with Crippen molar-refractivity contribution in [2.24, 2.45) is 0 Å². The highest BCUT2D eigenvalue weighted by Gasteiger charge is 2.25. The molecular weight excluding hydrogens is 321 g/mol. The van der Waals surface area contributed by atoms with E-state index in [1.54, 1.807) is 12.1 Å². The van der Waals surface area contributed by atoms with Crippen molar-refractivity contribution in [2.45, 2.75) is 64.0 Å². The van der Waals surface area contributed by atoms with Crippen molar-refractivity contribution in [1.82, 2.24) is 0 Å². The smallest absolute Gasteiger partial charge is 0.258 e. The molecule has 132 valence electrons. The number of nitrogens with zero attached hydrogens (tertiary/aromatic N) is 2. The summed E-state index contributed by atoms with van der Waals surface area (Å²) in [6, 6.07) is 6.43. The molecule has 4 nitrogen and oxygen atoms in total. The van der Waals surface area contributed by atoms with E-state index in [9.17, 15) is 23.3 Å². The van der Waals surface area contributed by atoms with Crippen molar-refractivity contribution in [2.75, 3.05) is 0 Å². The van der Waals surface area contributed by atoms with Gasteiger partial charge in [-0.2, -0.15) is 18.4 Å². The van der Waals surface area contributed by atoms with Crippen LogP contribution >= 0.6 is 0 Å². The second-order valence-corrected chi connectivity index (χ2v) is 5.81. The fourth-order valence-corrected chi connectivity index (χ4v) is 2.52. The van der Waals surface area contributed by atoms with Crippen molar-refractivity contribution in [3.8, 4) is 6.07 Å². The number of rotatable bonds is 10. The lowest BCUT2D eigenvalue weighted by Crippen LogP contribution is -2.06. The summed E-state index contributed by atoms with van der Waals surface area (Å²) in [6.45, 7) is 0. The van der Waals surface area contributed by atoms with Crippen molar-refractivity contribution in [1.29, 1.82) is 5.26 Å². The molecule has 0 bridgehead atoms. The zero-order valence-corrected chi connectivity index (χ0v) is 13.4. The molecule has 0 aliphatic heterocycles. The summed E-state index contributed by atoms with van der Waals surface area (Å²) >= 11 is 0. The topological polar surface area (TPSA) is 66.9 Å². The molecule has 0 fully saturated rings. The van der Waals surface area contributed by atoms with E-state index >= 15 is 0 Å². The zero-order chi connectivity index (χ0) is 18.0. The Bertz CT molecular complexity index is 580. The van der Waals surface area contributed by atoms with Gasteiger partial charge in [-0.1, -0.05) is 38.2 Å². The van der Waals surface area contributed by atoms with Crippen LogP contribution < -0.4 is 0 Å². The third kappa shape index (κ3) is 7.95. The van der Waals surface area contributed by atoms with Crippen molar-refractivity contribution in [3.63, 3.8) is 0 Å². The summed E-state index contributed by atoms with van der Waals surface area (Å²) in [5, 5.41) is 19.7. The van der Waals surface area contributed by atoms with Crippen molar-refractivity contribution < 1.29 is 18.1 Å². The molecule has 0 N–H and O–H groups in total. The molecule has 0 radical (unpaired) electrons. The van der Waals surface area contributed by atoms with Crippen LogP contribution in [0.3, 0.4) is 0 Å². The fraction of sp³-hybridized carbons (Fsp3) is 0.588.